The van der Waals surface area contributed by atoms with Gasteiger partial charge in [-0.25, -0.2) is 9.18 Å². The van der Waals surface area contributed by atoms with Crippen LogP contribution in [0, 0.1) is 5.82 Å². The van der Waals surface area contributed by atoms with E-state index in [1.807, 2.05) is 27.7 Å². The van der Waals surface area contributed by atoms with Crippen molar-refractivity contribution in [2.45, 2.75) is 84.2 Å². The Hall–Kier alpha value is -2.30. The van der Waals surface area contributed by atoms with Crippen LogP contribution in [0.2, 0.25) is 0 Å². The van der Waals surface area contributed by atoms with Crippen molar-refractivity contribution in [1.82, 2.24) is 15.3 Å². The average molecular weight is 472 g/mol. The minimum Gasteiger partial charge on any atom is -0.443 e. The van der Waals surface area contributed by atoms with Crippen LogP contribution in [-0.2, 0) is 14.0 Å². The molecular formula is C24H34BFN4O4. The monoisotopic (exact) mass is 472 g/mol. The van der Waals surface area contributed by atoms with Crippen molar-refractivity contribution in [3.8, 4) is 0 Å². The highest BCUT2D eigenvalue weighted by Crippen LogP contribution is 2.37. The summed E-state index contributed by atoms with van der Waals surface area (Å²) >= 11 is 0. The van der Waals surface area contributed by atoms with Crippen molar-refractivity contribution in [3.63, 3.8) is 0 Å². The fraction of sp³-hybridized carbons (Fsp3) is 0.625. The quantitative estimate of drug-likeness (QED) is 0.684. The van der Waals surface area contributed by atoms with Crippen molar-refractivity contribution in [2.75, 3.05) is 18.0 Å². The first-order valence-corrected chi connectivity index (χ1v) is 11.8. The van der Waals surface area contributed by atoms with E-state index in [4.69, 9.17) is 14.0 Å². The lowest BCUT2D eigenvalue weighted by molar-refractivity contribution is 0.00578. The smallest absolute Gasteiger partial charge is 0.443 e. The third kappa shape index (κ3) is 4.76. The number of pyridine rings is 2. The van der Waals surface area contributed by atoms with Crippen LogP contribution >= 0.6 is 0 Å². The lowest BCUT2D eigenvalue weighted by Gasteiger charge is -2.36. The van der Waals surface area contributed by atoms with E-state index in [0.29, 0.717) is 23.0 Å². The van der Waals surface area contributed by atoms with Gasteiger partial charge in [-0.3, -0.25) is 14.9 Å². The second kappa shape index (κ2) is 8.73. The van der Waals surface area contributed by atoms with Crippen LogP contribution in [0.4, 0.5) is 14.9 Å². The van der Waals surface area contributed by atoms with Gasteiger partial charge in [-0.15, -0.1) is 0 Å². The Kier molecular flexibility index (Phi) is 6.37. The second-order valence-electron chi connectivity index (χ2n) is 11.0. The van der Waals surface area contributed by atoms with Crippen molar-refractivity contribution in [1.29, 1.82) is 0 Å². The van der Waals surface area contributed by atoms with E-state index in [0.717, 1.165) is 25.6 Å². The third-order valence-corrected chi connectivity index (χ3v) is 6.66. The molecule has 2 aliphatic rings. The van der Waals surface area contributed by atoms with E-state index < -0.39 is 35.8 Å². The number of hydrogen-bond donors (Lipinski definition) is 1. The number of nitrogens with zero attached hydrogens (tertiary/aromatic N) is 3. The molecule has 2 aromatic heterocycles. The molecule has 0 saturated carbocycles. The molecule has 2 saturated heterocycles. The Morgan fingerprint density at radius 2 is 1.88 bits per heavy atom. The highest BCUT2D eigenvalue weighted by molar-refractivity contribution is 6.61. The number of amides is 1. The Labute approximate surface area is 200 Å². The number of halogens is 1. The molecule has 184 valence electrons. The Balaban J connectivity index is 1.82. The maximum atomic E-state index is 15.5. The van der Waals surface area contributed by atoms with Crippen molar-refractivity contribution in [2.24, 2.45) is 0 Å². The molecular weight excluding hydrogens is 438 g/mol. The average Bonchev–Trinajstić information content (AvgIpc) is 2.96. The maximum absolute atomic E-state index is 15.5. The van der Waals surface area contributed by atoms with Crippen LogP contribution in [0.3, 0.4) is 0 Å². The molecule has 1 amide bonds. The minimum absolute atomic E-state index is 0.133. The number of piperidine rings is 1. The van der Waals surface area contributed by atoms with Crippen molar-refractivity contribution in [3.05, 3.63) is 24.3 Å². The molecule has 4 heterocycles. The topological polar surface area (TPSA) is 85.8 Å². The minimum atomic E-state index is -0.730. The van der Waals surface area contributed by atoms with E-state index >= 15 is 4.39 Å². The molecule has 10 heteroatoms. The van der Waals surface area contributed by atoms with Crippen LogP contribution in [0.1, 0.15) is 61.3 Å². The third-order valence-electron chi connectivity index (χ3n) is 6.66. The normalized spacial score (nSPS) is 22.1. The summed E-state index contributed by atoms with van der Waals surface area (Å²) in [5, 5.41) is 3.76. The van der Waals surface area contributed by atoms with Crippen molar-refractivity contribution < 1.29 is 23.2 Å². The van der Waals surface area contributed by atoms with Gasteiger partial charge in [-0.1, -0.05) is 0 Å². The van der Waals surface area contributed by atoms with Gasteiger partial charge in [0.2, 0.25) is 0 Å². The SMILES string of the molecule is CC(C)(C)OC(=O)N(c1c(F)cnc2cnc(B3OC(C)(C)C(C)(C)O3)cc12)C1CCCNC1. The molecule has 0 spiro atoms. The van der Waals surface area contributed by atoms with Crippen molar-refractivity contribution >= 4 is 35.4 Å². The van der Waals surface area contributed by atoms with E-state index in [2.05, 4.69) is 15.3 Å². The first kappa shape index (κ1) is 24.8. The zero-order chi connectivity index (χ0) is 24.9. The van der Waals surface area contributed by atoms with Gasteiger partial charge in [0.05, 0.1) is 46.4 Å². The Bertz CT molecular complexity index is 1070. The molecule has 1 N–H and O–H groups in total. The molecule has 0 bridgehead atoms. The van der Waals surface area contributed by atoms with Gasteiger partial charge < -0.3 is 19.4 Å². The molecule has 8 nitrogen and oxygen atoms in total. The fourth-order valence-corrected chi connectivity index (χ4v) is 4.20. The molecule has 0 aromatic carbocycles. The predicted octanol–water partition coefficient (Wildman–Crippen LogP) is 3.56. The molecule has 34 heavy (non-hydrogen) atoms. The van der Waals surface area contributed by atoms with Gasteiger partial charge in [-0.05, 0) is 73.9 Å². The predicted molar refractivity (Wildman–Crippen MR) is 130 cm³/mol. The van der Waals surface area contributed by atoms with Crippen LogP contribution in [0.5, 0.6) is 0 Å². The number of anilines is 1. The molecule has 2 fully saturated rings. The van der Waals surface area contributed by atoms with Gasteiger partial charge in [-0.2, -0.15) is 0 Å². The van der Waals surface area contributed by atoms with Gasteiger partial charge in [0.25, 0.3) is 0 Å². The van der Waals surface area contributed by atoms with E-state index in [-0.39, 0.29) is 11.7 Å². The summed E-state index contributed by atoms with van der Waals surface area (Å²) < 4.78 is 33.5. The molecule has 1 unspecified atom stereocenters. The number of fused-ring (bicyclic) bond motifs is 1. The zero-order valence-corrected chi connectivity index (χ0v) is 21.1. The van der Waals surface area contributed by atoms with Crippen LogP contribution in [0.15, 0.2) is 18.5 Å². The zero-order valence-electron chi connectivity index (χ0n) is 21.1. The molecule has 0 aliphatic carbocycles. The molecule has 1 atom stereocenters. The lowest BCUT2D eigenvalue weighted by atomic mass is 9.83. The summed E-state index contributed by atoms with van der Waals surface area (Å²) in [5.74, 6) is -0.602. The number of hydrogen-bond acceptors (Lipinski definition) is 7. The second-order valence-corrected chi connectivity index (χ2v) is 11.0. The van der Waals surface area contributed by atoms with Gasteiger partial charge in [0.15, 0.2) is 5.82 Å². The summed E-state index contributed by atoms with van der Waals surface area (Å²) in [6.07, 6.45) is 3.69. The number of rotatable bonds is 3. The summed E-state index contributed by atoms with van der Waals surface area (Å²) in [6.45, 7) is 14.6. The van der Waals surface area contributed by atoms with Crippen LogP contribution in [-0.4, -0.2) is 59.1 Å². The molecule has 2 aliphatic heterocycles. The maximum Gasteiger partial charge on any atom is 0.514 e. The van der Waals surface area contributed by atoms with Crippen LogP contribution in [0.25, 0.3) is 10.9 Å². The lowest BCUT2D eigenvalue weighted by Crippen LogP contribution is -2.51. The fourth-order valence-electron chi connectivity index (χ4n) is 4.20. The van der Waals surface area contributed by atoms with E-state index in [9.17, 15) is 4.79 Å². The highest BCUT2D eigenvalue weighted by atomic mass is 19.1. The number of carbonyl (C=O) groups excluding carboxylic acids is 1. The molecule has 4 rings (SSSR count). The first-order chi connectivity index (χ1) is 15.8. The molecule has 0 radical (unpaired) electrons. The Morgan fingerprint density at radius 1 is 1.21 bits per heavy atom. The number of carbonyl (C=O) groups is 1. The number of aromatic nitrogens is 2. The van der Waals surface area contributed by atoms with E-state index in [1.54, 1.807) is 33.0 Å². The summed E-state index contributed by atoms with van der Waals surface area (Å²) in [5.41, 5.74) is -0.735. The van der Waals surface area contributed by atoms with Gasteiger partial charge >= 0.3 is 13.2 Å². The van der Waals surface area contributed by atoms with Gasteiger partial charge in [0, 0.05) is 11.9 Å². The van der Waals surface area contributed by atoms with E-state index in [1.165, 1.54) is 4.90 Å². The standard InChI is InChI=1S/C24H34BFN4O4/c1-22(2,3)32-21(31)30(15-9-8-10-27-12-15)20-16-11-19(29-14-18(16)28-13-17(20)26)25-33-23(4,5)24(6,7)34-25/h11,13-15,27H,8-10,12H2,1-7H3. The highest BCUT2D eigenvalue weighted by Gasteiger charge is 2.52. The number of nitrogens with one attached hydrogen (secondary N) is 1. The number of ether oxygens (including phenoxy) is 1. The summed E-state index contributed by atoms with van der Waals surface area (Å²) in [4.78, 5) is 23.5. The Morgan fingerprint density at radius 3 is 2.47 bits per heavy atom. The summed E-state index contributed by atoms with van der Waals surface area (Å²) in [7, 11) is -0.725. The first-order valence-electron chi connectivity index (χ1n) is 11.8. The largest absolute Gasteiger partial charge is 0.514 e. The van der Waals surface area contributed by atoms with Gasteiger partial charge in [0.1, 0.15) is 5.60 Å². The van der Waals surface area contributed by atoms with Crippen LogP contribution < -0.4 is 15.8 Å². The molecule has 2 aromatic rings. The summed E-state index contributed by atoms with van der Waals surface area (Å²) in [6, 6.07) is 1.44.